The first-order valence-corrected chi connectivity index (χ1v) is 15.0. The molecule has 3 amide bonds. The number of carbonyl (C=O) groups is 3. The molecule has 1 aliphatic heterocycles. The van der Waals surface area contributed by atoms with E-state index in [1.165, 1.54) is 22.7 Å². The van der Waals surface area contributed by atoms with Crippen LogP contribution in [0.5, 0.6) is 5.75 Å². The van der Waals surface area contributed by atoms with E-state index in [9.17, 15) is 24.6 Å². The fraction of sp³-hybridized carbons (Fsp3) is 0.312. The van der Waals surface area contributed by atoms with Gasteiger partial charge in [0.15, 0.2) is 6.10 Å². The van der Waals surface area contributed by atoms with Crippen LogP contribution in [0.4, 0.5) is 0 Å². The molecule has 1 aliphatic rings. The van der Waals surface area contributed by atoms with Crippen LogP contribution in [0, 0.1) is 6.92 Å². The molecule has 0 unspecified atom stereocenters. The lowest BCUT2D eigenvalue weighted by Crippen LogP contribution is -2.58. The van der Waals surface area contributed by atoms with Crippen molar-refractivity contribution in [1.82, 2.24) is 25.7 Å². The molecule has 224 valence electrons. The Labute approximate surface area is 253 Å². The number of phenolic OH excluding ortho intramolecular Hbond substituents is 1. The van der Waals surface area contributed by atoms with Gasteiger partial charge in [-0.1, -0.05) is 54.6 Å². The van der Waals surface area contributed by atoms with E-state index in [4.69, 9.17) is 0 Å². The van der Waals surface area contributed by atoms with Gasteiger partial charge in [-0.15, -0.1) is 11.8 Å². The molecule has 5 rings (SSSR count). The summed E-state index contributed by atoms with van der Waals surface area (Å²) in [5, 5.41) is 35.5. The lowest BCUT2D eigenvalue weighted by molar-refractivity contribution is -0.147. The molecule has 2 heterocycles. The molecule has 0 radical (unpaired) electrons. The van der Waals surface area contributed by atoms with E-state index in [2.05, 4.69) is 20.8 Å². The van der Waals surface area contributed by atoms with Gasteiger partial charge in [0.2, 0.25) is 5.91 Å². The van der Waals surface area contributed by atoms with Crippen LogP contribution < -0.4 is 10.6 Å². The summed E-state index contributed by atoms with van der Waals surface area (Å²) < 4.78 is -0.633. The zero-order valence-electron chi connectivity index (χ0n) is 24.2. The van der Waals surface area contributed by atoms with Crippen LogP contribution in [0.1, 0.15) is 41.0 Å². The number of aromatic nitrogens is 2. The van der Waals surface area contributed by atoms with Crippen molar-refractivity contribution in [3.8, 4) is 5.75 Å². The number of aliphatic hydroxyl groups is 1. The highest BCUT2D eigenvalue weighted by Gasteiger charge is 2.49. The molecule has 3 atom stereocenters. The van der Waals surface area contributed by atoms with Crippen molar-refractivity contribution in [2.45, 2.75) is 56.7 Å². The number of para-hydroxylation sites is 1. The molecular weight excluding hydrogens is 566 g/mol. The fourth-order valence-corrected chi connectivity index (χ4v) is 6.54. The van der Waals surface area contributed by atoms with Crippen molar-refractivity contribution >= 4 is 40.4 Å². The van der Waals surface area contributed by atoms with Crippen LogP contribution >= 0.6 is 11.8 Å². The number of aliphatic hydroxyl groups excluding tert-OH is 1. The summed E-state index contributed by atoms with van der Waals surface area (Å²) in [7, 11) is 0. The van der Waals surface area contributed by atoms with Crippen LogP contribution in [0.25, 0.3) is 10.9 Å². The maximum absolute atomic E-state index is 13.9. The number of fused-ring (bicyclic) bond motifs is 1. The van der Waals surface area contributed by atoms with Crippen molar-refractivity contribution in [2.24, 2.45) is 0 Å². The highest BCUT2D eigenvalue weighted by Crippen LogP contribution is 2.40. The van der Waals surface area contributed by atoms with E-state index < -0.39 is 34.7 Å². The normalized spacial score (nSPS) is 17.4. The lowest BCUT2D eigenvalue weighted by Gasteiger charge is -2.33. The minimum absolute atomic E-state index is 0.0304. The molecule has 43 heavy (non-hydrogen) atoms. The van der Waals surface area contributed by atoms with Gasteiger partial charge in [-0.05, 0) is 51.0 Å². The molecule has 0 saturated carbocycles. The van der Waals surface area contributed by atoms with Crippen LogP contribution in [-0.2, 0) is 22.6 Å². The molecule has 5 N–H and O–H groups in total. The van der Waals surface area contributed by atoms with Crippen molar-refractivity contribution in [1.29, 1.82) is 0 Å². The van der Waals surface area contributed by atoms with E-state index in [-0.39, 0.29) is 36.1 Å². The third-order valence-electron chi connectivity index (χ3n) is 7.86. The predicted octanol–water partition coefficient (Wildman–Crippen LogP) is 3.28. The van der Waals surface area contributed by atoms with Crippen molar-refractivity contribution in [3.05, 3.63) is 95.2 Å². The van der Waals surface area contributed by atoms with Gasteiger partial charge in [-0.2, -0.15) is 5.10 Å². The van der Waals surface area contributed by atoms with Gasteiger partial charge in [-0.25, -0.2) is 0 Å². The molecule has 1 fully saturated rings. The average molecular weight is 602 g/mol. The van der Waals surface area contributed by atoms with Gasteiger partial charge in [-0.3, -0.25) is 19.5 Å². The van der Waals surface area contributed by atoms with E-state index in [0.29, 0.717) is 5.56 Å². The number of thioether (sulfide) groups is 1. The van der Waals surface area contributed by atoms with Gasteiger partial charge in [0.1, 0.15) is 11.8 Å². The number of hydrogen-bond acceptors (Lipinski definition) is 7. The number of nitrogens with zero attached hydrogens (tertiary/aromatic N) is 2. The van der Waals surface area contributed by atoms with Gasteiger partial charge >= 0.3 is 0 Å². The summed E-state index contributed by atoms with van der Waals surface area (Å²) in [5.41, 5.74) is 2.97. The SMILES string of the molecule is Cc1c(O)cccc1C(=O)N[C@@H](Cc1ccccc1)[C@H](O)C(=O)N1CSC(C)(C)[C@@H]1C(=O)NCc1[nH]nc2ccccc12. The first-order valence-electron chi connectivity index (χ1n) is 14.0. The van der Waals surface area contributed by atoms with Crippen molar-refractivity contribution in [2.75, 3.05) is 5.88 Å². The van der Waals surface area contributed by atoms with Gasteiger partial charge in [0.25, 0.3) is 11.8 Å². The molecule has 4 aromatic rings. The number of rotatable bonds is 9. The molecule has 10 nitrogen and oxygen atoms in total. The number of nitrogens with one attached hydrogen (secondary N) is 3. The Morgan fingerprint density at radius 2 is 1.79 bits per heavy atom. The van der Waals surface area contributed by atoms with Crippen molar-refractivity contribution < 1.29 is 24.6 Å². The number of aromatic amines is 1. The minimum atomic E-state index is -1.64. The number of carbonyl (C=O) groups excluding carboxylic acids is 3. The van der Waals surface area contributed by atoms with Crippen molar-refractivity contribution in [3.63, 3.8) is 0 Å². The quantitative estimate of drug-likeness (QED) is 0.198. The summed E-state index contributed by atoms with van der Waals surface area (Å²) in [6, 6.07) is 19.6. The maximum Gasteiger partial charge on any atom is 0.254 e. The Kier molecular flexibility index (Phi) is 8.74. The Morgan fingerprint density at radius 1 is 1.07 bits per heavy atom. The van der Waals surface area contributed by atoms with Crippen LogP contribution in [0.2, 0.25) is 0 Å². The molecule has 0 aliphatic carbocycles. The Hall–Kier alpha value is -4.35. The number of benzene rings is 3. The number of amides is 3. The fourth-order valence-electron chi connectivity index (χ4n) is 5.40. The molecule has 11 heteroatoms. The Morgan fingerprint density at radius 3 is 2.56 bits per heavy atom. The van der Waals surface area contributed by atoms with Gasteiger partial charge in [0.05, 0.1) is 29.7 Å². The smallest absolute Gasteiger partial charge is 0.254 e. The van der Waals surface area contributed by atoms with E-state index in [1.54, 1.807) is 19.1 Å². The topological polar surface area (TPSA) is 148 Å². The molecule has 1 saturated heterocycles. The number of aromatic hydroxyl groups is 1. The van der Waals surface area contributed by atoms with E-state index in [1.807, 2.05) is 68.4 Å². The highest BCUT2D eigenvalue weighted by molar-refractivity contribution is 8.00. The second kappa shape index (κ2) is 12.5. The number of phenols is 1. The monoisotopic (exact) mass is 601 g/mol. The van der Waals surface area contributed by atoms with Crippen LogP contribution in [0.15, 0.2) is 72.8 Å². The summed E-state index contributed by atoms with van der Waals surface area (Å²) in [4.78, 5) is 42.2. The average Bonchev–Trinajstić information content (AvgIpc) is 3.56. The van der Waals surface area contributed by atoms with Crippen LogP contribution in [-0.4, -0.2) is 71.8 Å². The van der Waals surface area contributed by atoms with Crippen LogP contribution in [0.3, 0.4) is 0 Å². The second-order valence-electron chi connectivity index (χ2n) is 11.2. The summed E-state index contributed by atoms with van der Waals surface area (Å²) in [5.74, 6) is -1.37. The number of hydrogen-bond donors (Lipinski definition) is 5. The first-order chi connectivity index (χ1) is 20.6. The minimum Gasteiger partial charge on any atom is -0.508 e. The maximum atomic E-state index is 13.9. The second-order valence-corrected chi connectivity index (χ2v) is 12.8. The zero-order chi connectivity index (χ0) is 30.7. The highest BCUT2D eigenvalue weighted by atomic mass is 32.2. The molecule has 1 aromatic heterocycles. The summed E-state index contributed by atoms with van der Waals surface area (Å²) in [6.45, 7) is 5.59. The third-order valence-corrected chi connectivity index (χ3v) is 9.23. The Bertz CT molecular complexity index is 1640. The summed E-state index contributed by atoms with van der Waals surface area (Å²) in [6.07, 6.45) is -1.46. The summed E-state index contributed by atoms with van der Waals surface area (Å²) >= 11 is 1.44. The Balaban J connectivity index is 1.36. The first kappa shape index (κ1) is 30.1. The third kappa shape index (κ3) is 6.37. The van der Waals surface area contributed by atoms with E-state index in [0.717, 1.165) is 22.2 Å². The molecule has 3 aromatic carbocycles. The molecular formula is C32H35N5O5S. The largest absolute Gasteiger partial charge is 0.508 e. The zero-order valence-corrected chi connectivity index (χ0v) is 25.0. The lowest BCUT2D eigenvalue weighted by atomic mass is 9.96. The van der Waals surface area contributed by atoms with Gasteiger partial charge in [0, 0.05) is 21.3 Å². The molecule has 0 bridgehead atoms. The standard InChI is InChI=1S/C32H35N5O5S/c1-19-21(13-9-15-26(19)38)29(40)34-24(16-20-10-5-4-6-11-20)27(39)31(42)37-18-43-32(2,3)28(37)30(41)33-17-25-22-12-7-8-14-23(22)35-36-25/h4-15,24,27-28,38-39H,16-18H2,1-3H3,(H,33,41)(H,34,40)(H,35,36)/t24-,27-,28-/m0/s1. The number of H-pyrrole nitrogens is 1. The van der Waals surface area contributed by atoms with Gasteiger partial charge < -0.3 is 25.7 Å². The van der Waals surface area contributed by atoms with E-state index >= 15 is 0 Å². The molecule has 0 spiro atoms. The predicted molar refractivity (Wildman–Crippen MR) is 165 cm³/mol.